The number of carbonyl (C=O) groups excluding carboxylic acids is 10. The third-order valence-electron chi connectivity index (χ3n) is 13.4. The Morgan fingerprint density at radius 3 is 1.78 bits per heavy atom. The number of para-hydroxylation sites is 1. The zero-order valence-electron chi connectivity index (χ0n) is 48.0. The number of hydrogen-bond acceptors (Lipinski definition) is 15. The summed E-state index contributed by atoms with van der Waals surface area (Å²) >= 11 is 0. The molecule has 1 aromatic heterocycles. The molecule has 1 aromatic carbocycles. The summed E-state index contributed by atoms with van der Waals surface area (Å²) in [7, 11) is 0. The minimum atomic E-state index is -1.78. The third kappa shape index (κ3) is 28.5. The Bertz CT molecular complexity index is 2360. The van der Waals surface area contributed by atoms with Gasteiger partial charge in [-0.3, -0.25) is 48.1 Å². The van der Waals surface area contributed by atoms with Gasteiger partial charge in [-0.25, -0.2) is 0 Å². The summed E-state index contributed by atoms with van der Waals surface area (Å²) in [6.45, 7) is 3.91. The van der Waals surface area contributed by atoms with E-state index in [0.29, 0.717) is 19.1 Å². The Balaban J connectivity index is 2.12. The van der Waals surface area contributed by atoms with Gasteiger partial charge in [-0.2, -0.15) is 0 Å². The molecule has 0 aliphatic heterocycles. The maximum Gasteiger partial charge on any atom is 0.245 e. The number of rotatable bonds is 43. The molecule has 0 unspecified atom stereocenters. The van der Waals surface area contributed by atoms with Gasteiger partial charge in [0, 0.05) is 43.0 Å². The number of hydrogen-bond donors (Lipinski definition) is 16. The molecule has 27 nitrogen and oxygen atoms in total. The molecule has 27 heteroatoms. The Morgan fingerprint density at radius 1 is 0.610 bits per heavy atom. The monoisotopic (exact) mass is 1160 g/mol. The smallest absolute Gasteiger partial charge is 0.245 e. The molecular weight excluding hydrogens is 1060 g/mol. The SMILES string of the molecule is CCCCCCCCCCCCCC(=O)NCCCC[C@H](NC(=O)[C@H](CCCN=C(N)N)NC(=O)[C@H](C)NC(=O)[C@@H](N)[C@@H](C)O)C(=O)N[C@@H](CO)C(=O)N[C@H](C(=O)NCC(=O)NCC(=O)N[C@H](C=O)Cc1c[nH]c2ccccc12)[C@@H](C)O. The second-order valence-corrected chi connectivity index (χ2v) is 20.5. The van der Waals surface area contributed by atoms with Crippen LogP contribution in [0.4, 0.5) is 0 Å². The van der Waals surface area contributed by atoms with Crippen LogP contribution < -0.4 is 65.1 Å². The van der Waals surface area contributed by atoms with E-state index in [4.69, 9.17) is 17.2 Å². The molecule has 0 fully saturated rings. The molecule has 2 rings (SSSR count). The maximum absolute atomic E-state index is 14.1. The molecule has 0 saturated carbocycles. The van der Waals surface area contributed by atoms with Crippen molar-refractivity contribution in [3.8, 4) is 0 Å². The Morgan fingerprint density at radius 2 is 1.18 bits per heavy atom. The summed E-state index contributed by atoms with van der Waals surface area (Å²) in [6.07, 6.45) is 13.1. The summed E-state index contributed by atoms with van der Waals surface area (Å²) in [4.78, 5) is 138. The lowest BCUT2D eigenvalue weighted by molar-refractivity contribution is -0.136. The molecule has 1 heterocycles. The number of aromatic amines is 1. The summed E-state index contributed by atoms with van der Waals surface area (Å²) in [5.41, 5.74) is 18.3. The normalized spacial score (nSPS) is 14.4. The van der Waals surface area contributed by atoms with Crippen LogP contribution in [0.25, 0.3) is 10.9 Å². The summed E-state index contributed by atoms with van der Waals surface area (Å²) in [5.74, 6) is -7.68. The van der Waals surface area contributed by atoms with E-state index in [2.05, 4.69) is 64.8 Å². The van der Waals surface area contributed by atoms with Crippen molar-refractivity contribution in [3.63, 3.8) is 0 Å². The lowest BCUT2D eigenvalue weighted by Crippen LogP contribution is -2.61. The van der Waals surface area contributed by atoms with Gasteiger partial charge in [0.15, 0.2) is 5.96 Å². The van der Waals surface area contributed by atoms with Crippen molar-refractivity contribution in [1.82, 2.24) is 52.8 Å². The zero-order chi connectivity index (χ0) is 61.0. The highest BCUT2D eigenvalue weighted by molar-refractivity contribution is 5.97. The minimum Gasteiger partial charge on any atom is -0.394 e. The zero-order valence-corrected chi connectivity index (χ0v) is 48.0. The molecule has 9 amide bonds. The molecule has 0 radical (unpaired) electrons. The molecule has 19 N–H and O–H groups in total. The van der Waals surface area contributed by atoms with Gasteiger partial charge in [0.1, 0.15) is 42.5 Å². The predicted molar refractivity (Wildman–Crippen MR) is 308 cm³/mol. The highest BCUT2D eigenvalue weighted by Gasteiger charge is 2.33. The summed E-state index contributed by atoms with van der Waals surface area (Å²) in [5, 5.41) is 53.5. The Labute approximate surface area is 479 Å². The molecular formula is C55H92N14O13. The summed E-state index contributed by atoms with van der Waals surface area (Å²) < 4.78 is 0. The van der Waals surface area contributed by atoms with Gasteiger partial charge in [-0.15, -0.1) is 0 Å². The topological polar surface area (TPSA) is 446 Å². The average Bonchev–Trinajstić information content (AvgIpc) is 3.90. The predicted octanol–water partition coefficient (Wildman–Crippen LogP) is -1.81. The van der Waals surface area contributed by atoms with E-state index < -0.39 is 121 Å². The second kappa shape index (κ2) is 40.0. The molecule has 460 valence electrons. The summed E-state index contributed by atoms with van der Waals surface area (Å²) in [6, 6.07) is -2.47. The first-order chi connectivity index (χ1) is 39.1. The number of unbranched alkanes of at least 4 members (excludes halogenated alkanes) is 11. The number of fused-ring (bicyclic) bond motifs is 1. The van der Waals surface area contributed by atoms with Gasteiger partial charge >= 0.3 is 0 Å². The van der Waals surface area contributed by atoms with E-state index in [1.54, 1.807) is 6.20 Å². The molecule has 9 atom stereocenters. The number of amides is 9. The van der Waals surface area contributed by atoms with Crippen molar-refractivity contribution in [1.29, 1.82) is 0 Å². The standard InChI is InChI=1S/C55H92N14O13/c1-5-6-7-8-9-10-11-12-13-14-15-25-44(74)59-26-19-18-23-41(67-50(78)42(24-20-27-60-55(57)58)66-49(77)34(2)64-53(81)47(56)35(3)72)51(79)68-43(33-71)52(80)69-48(36(4)73)54(82)63-30-45(75)62-31-46(76)65-38(32-70)28-37-29-61-40-22-17-16-21-39(37)40/h16-17,21-22,29,32,34-36,38,41-43,47-48,61,71-73H,5-15,18-20,23-28,30-31,33,56H2,1-4H3,(H,59,74)(H,62,75)(H,63,82)(H,64,81)(H,65,76)(H,66,77)(H,67,78)(H,68,79)(H,69,80)(H4,57,58,60)/t34-,35+,36+,38-,41-,42-,43-,47-,48-/m0/s1. The van der Waals surface area contributed by atoms with Crippen molar-refractivity contribution in [2.24, 2.45) is 22.2 Å². The van der Waals surface area contributed by atoms with Crippen molar-refractivity contribution in [3.05, 3.63) is 36.0 Å². The van der Waals surface area contributed by atoms with Crippen LogP contribution in [0.5, 0.6) is 0 Å². The Hall–Kier alpha value is -7.23. The fourth-order valence-corrected chi connectivity index (χ4v) is 8.52. The Kier molecular flexibility index (Phi) is 34.6. The molecule has 0 saturated heterocycles. The number of benzene rings is 1. The number of aliphatic imine (C=N–C) groups is 1. The molecule has 0 bridgehead atoms. The first kappa shape index (κ1) is 70.9. The van der Waals surface area contributed by atoms with Crippen molar-refractivity contribution < 1.29 is 63.3 Å². The van der Waals surface area contributed by atoms with E-state index in [1.165, 1.54) is 58.8 Å². The molecule has 0 spiro atoms. The maximum atomic E-state index is 14.1. The van der Waals surface area contributed by atoms with Gasteiger partial charge < -0.3 is 90.2 Å². The highest BCUT2D eigenvalue weighted by Crippen LogP contribution is 2.19. The van der Waals surface area contributed by atoms with Crippen molar-refractivity contribution in [2.75, 3.05) is 32.8 Å². The second-order valence-electron chi connectivity index (χ2n) is 20.5. The van der Waals surface area contributed by atoms with Crippen molar-refractivity contribution in [2.45, 2.75) is 198 Å². The van der Waals surface area contributed by atoms with Crippen LogP contribution in [0, 0.1) is 0 Å². The van der Waals surface area contributed by atoms with Crippen LogP contribution in [0.3, 0.4) is 0 Å². The van der Waals surface area contributed by atoms with Crippen molar-refractivity contribution >= 4 is 76.3 Å². The van der Waals surface area contributed by atoms with Crippen LogP contribution in [0.15, 0.2) is 35.5 Å². The molecule has 2 aromatic rings. The number of H-pyrrole nitrogens is 1. The van der Waals surface area contributed by atoms with E-state index >= 15 is 0 Å². The van der Waals surface area contributed by atoms with E-state index in [0.717, 1.165) is 49.1 Å². The fourth-order valence-electron chi connectivity index (χ4n) is 8.52. The van der Waals surface area contributed by atoms with Crippen LogP contribution in [0.1, 0.15) is 142 Å². The highest BCUT2D eigenvalue weighted by atomic mass is 16.3. The lowest BCUT2D eigenvalue weighted by Gasteiger charge is -2.27. The van der Waals surface area contributed by atoms with Crippen LogP contribution in [-0.4, -0.2) is 173 Å². The quantitative estimate of drug-likeness (QED) is 0.0151. The number of nitrogens with two attached hydrogens (primary N) is 3. The largest absolute Gasteiger partial charge is 0.394 e. The first-order valence-electron chi connectivity index (χ1n) is 28.5. The number of aliphatic hydroxyl groups excluding tert-OH is 3. The number of aromatic nitrogens is 1. The lowest BCUT2D eigenvalue weighted by atomic mass is 10.0. The molecule has 0 aliphatic rings. The van der Waals surface area contributed by atoms with Gasteiger partial charge in [0.2, 0.25) is 53.2 Å². The fraction of sp³-hybridized carbons (Fsp3) is 0.655. The van der Waals surface area contributed by atoms with Crippen LogP contribution in [0.2, 0.25) is 0 Å². The number of aldehydes is 1. The van der Waals surface area contributed by atoms with Gasteiger partial charge in [-0.05, 0) is 70.9 Å². The van der Waals surface area contributed by atoms with Crippen LogP contribution in [-0.2, 0) is 54.4 Å². The van der Waals surface area contributed by atoms with Gasteiger partial charge in [0.05, 0.1) is 37.9 Å². The molecule has 0 aliphatic carbocycles. The van der Waals surface area contributed by atoms with Gasteiger partial charge in [0.25, 0.3) is 0 Å². The molecule has 82 heavy (non-hydrogen) atoms. The average molecular weight is 1160 g/mol. The van der Waals surface area contributed by atoms with E-state index in [9.17, 15) is 63.3 Å². The van der Waals surface area contributed by atoms with Gasteiger partial charge in [-0.1, -0.05) is 89.3 Å². The van der Waals surface area contributed by atoms with E-state index in [-0.39, 0.29) is 57.1 Å². The van der Waals surface area contributed by atoms with E-state index in [1.807, 2.05) is 24.3 Å². The number of carbonyl (C=O) groups is 10. The number of nitrogens with zero attached hydrogens (tertiary/aromatic N) is 1. The third-order valence-corrected chi connectivity index (χ3v) is 13.4. The number of nitrogens with one attached hydrogen (secondary N) is 10. The minimum absolute atomic E-state index is 0.0367. The first-order valence-corrected chi connectivity index (χ1v) is 28.5. The number of guanidine groups is 1. The van der Waals surface area contributed by atoms with Crippen LogP contribution >= 0.6 is 0 Å². The number of aliphatic hydroxyl groups is 3.